The Morgan fingerprint density at radius 1 is 0.897 bits per heavy atom. The number of carbonyl (C=O) groups is 1. The zero-order valence-corrected chi connectivity index (χ0v) is 18.2. The predicted octanol–water partition coefficient (Wildman–Crippen LogP) is 5.53. The van der Waals surface area contributed by atoms with Gasteiger partial charge in [-0.15, -0.1) is 0 Å². The van der Waals surface area contributed by atoms with Gasteiger partial charge in [0.25, 0.3) is 0 Å². The maximum absolute atomic E-state index is 13.2. The van der Waals surface area contributed by atoms with Crippen LogP contribution < -0.4 is 5.32 Å². The number of alkyl carbamates (subject to hydrolysis) is 1. The molecule has 2 rings (SSSR count). The van der Waals surface area contributed by atoms with Gasteiger partial charge in [-0.3, -0.25) is 4.57 Å². The van der Waals surface area contributed by atoms with E-state index in [0.717, 1.165) is 11.1 Å². The van der Waals surface area contributed by atoms with E-state index in [2.05, 4.69) is 5.32 Å². The Morgan fingerprint density at radius 3 is 1.83 bits per heavy atom. The van der Waals surface area contributed by atoms with Crippen LogP contribution in [0.15, 0.2) is 60.7 Å². The average molecular weight is 419 g/mol. The molecule has 0 aliphatic carbocycles. The smallest absolute Gasteiger partial charge is 0.407 e. The number of nitrogens with one attached hydrogen (secondary N) is 1. The van der Waals surface area contributed by atoms with Crippen molar-refractivity contribution in [2.24, 2.45) is 0 Å². The maximum Gasteiger partial charge on any atom is 0.407 e. The molecule has 2 aromatic carbocycles. The second kappa shape index (κ2) is 11.1. The number of hydrogen-bond donors (Lipinski definition) is 1. The first-order chi connectivity index (χ1) is 13.8. The number of ether oxygens (including phenoxy) is 1. The Kier molecular flexibility index (Phi) is 8.90. The minimum absolute atomic E-state index is 0.197. The lowest BCUT2D eigenvalue weighted by molar-refractivity contribution is 0.0527. The molecule has 0 atom stereocenters. The van der Waals surface area contributed by atoms with Crippen LogP contribution in [0.5, 0.6) is 0 Å². The summed E-state index contributed by atoms with van der Waals surface area (Å²) in [6, 6.07) is 19.1. The van der Waals surface area contributed by atoms with Gasteiger partial charge in [-0.25, -0.2) is 4.79 Å². The molecular weight excluding hydrogens is 389 g/mol. The molecule has 1 N–H and O–H groups in total. The lowest BCUT2D eigenvalue weighted by Gasteiger charge is -2.21. The van der Waals surface area contributed by atoms with Crippen molar-refractivity contribution in [2.75, 3.05) is 12.7 Å². The minimum Gasteiger partial charge on any atom is -0.444 e. The van der Waals surface area contributed by atoms with Gasteiger partial charge in [-0.1, -0.05) is 60.7 Å². The molecule has 158 valence electrons. The third-order valence-corrected chi connectivity index (χ3v) is 5.73. The van der Waals surface area contributed by atoms with Crippen LogP contribution in [0.25, 0.3) is 0 Å². The molecule has 0 aliphatic heterocycles. The highest BCUT2D eigenvalue weighted by Crippen LogP contribution is 2.50. The van der Waals surface area contributed by atoms with E-state index < -0.39 is 19.3 Å². The van der Waals surface area contributed by atoms with Crippen LogP contribution in [-0.2, 0) is 31.6 Å². The monoisotopic (exact) mass is 419 g/mol. The number of benzene rings is 2. The zero-order chi connectivity index (χ0) is 21.2. The fraction of sp³-hybridized carbons (Fsp3) is 0.409. The van der Waals surface area contributed by atoms with E-state index in [1.54, 1.807) is 20.8 Å². The summed E-state index contributed by atoms with van der Waals surface area (Å²) in [5.41, 5.74) is 1.28. The zero-order valence-electron chi connectivity index (χ0n) is 17.3. The number of hydrogen-bond acceptors (Lipinski definition) is 5. The molecule has 2 aromatic rings. The van der Waals surface area contributed by atoms with E-state index in [0.29, 0.717) is 13.0 Å². The predicted molar refractivity (Wildman–Crippen MR) is 114 cm³/mol. The molecule has 0 unspecified atom stereocenters. The van der Waals surface area contributed by atoms with Crippen molar-refractivity contribution in [1.82, 2.24) is 5.32 Å². The largest absolute Gasteiger partial charge is 0.444 e. The second-order valence-corrected chi connectivity index (χ2v) is 9.82. The summed E-state index contributed by atoms with van der Waals surface area (Å²) in [5.74, 6) is 0. The van der Waals surface area contributed by atoms with E-state index in [-0.39, 0.29) is 19.4 Å². The number of carbonyl (C=O) groups excluding carboxylic acids is 1. The van der Waals surface area contributed by atoms with E-state index in [4.69, 9.17) is 13.8 Å². The number of rotatable bonds is 10. The van der Waals surface area contributed by atoms with Gasteiger partial charge in [0.1, 0.15) is 5.60 Å². The van der Waals surface area contributed by atoms with Crippen molar-refractivity contribution in [3.05, 3.63) is 71.8 Å². The quantitative estimate of drug-likeness (QED) is 0.405. The SMILES string of the molecule is CC(C)(C)OC(=O)NCCCP(=O)(OCc1ccccc1)OCc1ccccc1. The van der Waals surface area contributed by atoms with Gasteiger partial charge in [0, 0.05) is 6.54 Å². The molecule has 0 spiro atoms. The molecule has 0 bridgehead atoms. The fourth-order valence-electron chi connectivity index (χ4n) is 2.44. The van der Waals surface area contributed by atoms with Crippen molar-refractivity contribution in [1.29, 1.82) is 0 Å². The summed E-state index contributed by atoms with van der Waals surface area (Å²) in [6.45, 7) is 6.13. The highest BCUT2D eigenvalue weighted by atomic mass is 31.2. The maximum atomic E-state index is 13.2. The molecule has 0 fully saturated rings. The van der Waals surface area contributed by atoms with Crippen LogP contribution >= 0.6 is 7.60 Å². The van der Waals surface area contributed by atoms with Gasteiger partial charge in [-0.2, -0.15) is 0 Å². The normalized spacial score (nSPS) is 11.8. The summed E-state index contributed by atoms with van der Waals surface area (Å²) >= 11 is 0. The molecule has 1 amide bonds. The molecule has 29 heavy (non-hydrogen) atoms. The first kappa shape index (κ1) is 23.1. The Hall–Kier alpha value is -2.14. The molecule has 7 heteroatoms. The first-order valence-corrected chi connectivity index (χ1v) is 11.4. The second-order valence-electron chi connectivity index (χ2n) is 7.63. The van der Waals surface area contributed by atoms with E-state index >= 15 is 0 Å². The van der Waals surface area contributed by atoms with Crippen molar-refractivity contribution in [3.8, 4) is 0 Å². The average Bonchev–Trinajstić information content (AvgIpc) is 2.69. The molecule has 0 aliphatic rings. The highest BCUT2D eigenvalue weighted by Gasteiger charge is 2.25. The lowest BCUT2D eigenvalue weighted by Crippen LogP contribution is -2.33. The Bertz CT molecular complexity index is 742. The van der Waals surface area contributed by atoms with E-state index in [9.17, 15) is 9.36 Å². The summed E-state index contributed by atoms with van der Waals surface area (Å²) in [6.07, 6.45) is 0.144. The third kappa shape index (κ3) is 9.75. The third-order valence-electron chi connectivity index (χ3n) is 3.82. The van der Waals surface area contributed by atoms with E-state index in [1.165, 1.54) is 0 Å². The Morgan fingerprint density at radius 2 is 1.38 bits per heavy atom. The van der Waals surface area contributed by atoms with Crippen LogP contribution in [0.1, 0.15) is 38.3 Å². The van der Waals surface area contributed by atoms with Gasteiger partial charge in [0.05, 0.1) is 19.4 Å². The molecule has 6 nitrogen and oxygen atoms in total. The summed E-state index contributed by atoms with van der Waals surface area (Å²) in [4.78, 5) is 11.7. The van der Waals surface area contributed by atoms with Crippen molar-refractivity contribution in [3.63, 3.8) is 0 Å². The Labute approximate surface area is 173 Å². The van der Waals surface area contributed by atoms with Crippen molar-refractivity contribution >= 4 is 13.7 Å². The highest BCUT2D eigenvalue weighted by molar-refractivity contribution is 7.53. The van der Waals surface area contributed by atoms with Gasteiger partial charge in [0.2, 0.25) is 0 Å². The van der Waals surface area contributed by atoms with Gasteiger partial charge < -0.3 is 19.1 Å². The molecule has 0 aromatic heterocycles. The van der Waals surface area contributed by atoms with Crippen LogP contribution in [-0.4, -0.2) is 24.4 Å². The molecular formula is C22H30NO5P. The number of amides is 1. The van der Waals surface area contributed by atoms with Gasteiger partial charge in [0.15, 0.2) is 0 Å². The fourth-order valence-corrected chi connectivity index (χ4v) is 4.01. The van der Waals surface area contributed by atoms with Crippen LogP contribution in [0.4, 0.5) is 4.79 Å². The van der Waals surface area contributed by atoms with Crippen LogP contribution in [0.2, 0.25) is 0 Å². The van der Waals surface area contributed by atoms with Crippen LogP contribution in [0, 0.1) is 0 Å². The molecule has 0 saturated heterocycles. The van der Waals surface area contributed by atoms with Crippen LogP contribution in [0.3, 0.4) is 0 Å². The minimum atomic E-state index is -3.34. The van der Waals surface area contributed by atoms with Crippen molar-refractivity contribution in [2.45, 2.75) is 46.0 Å². The summed E-state index contributed by atoms with van der Waals surface area (Å²) < 4.78 is 29.9. The van der Waals surface area contributed by atoms with Gasteiger partial charge in [-0.05, 0) is 38.3 Å². The van der Waals surface area contributed by atoms with Gasteiger partial charge >= 0.3 is 13.7 Å². The lowest BCUT2D eigenvalue weighted by atomic mass is 10.2. The summed E-state index contributed by atoms with van der Waals surface area (Å²) in [7, 11) is -3.34. The molecule has 0 heterocycles. The van der Waals surface area contributed by atoms with E-state index in [1.807, 2.05) is 60.7 Å². The summed E-state index contributed by atoms with van der Waals surface area (Å²) in [5, 5.41) is 2.67. The standard InChI is InChI=1S/C22H30NO5P/c1-22(2,3)28-21(24)23-15-10-16-29(25,26-17-19-11-6-4-7-12-19)27-18-20-13-8-5-9-14-20/h4-9,11-14H,10,15-18H2,1-3H3,(H,23,24). The topological polar surface area (TPSA) is 73.9 Å². The van der Waals surface area contributed by atoms with Crippen molar-refractivity contribution < 1.29 is 23.1 Å². The molecule has 0 radical (unpaired) electrons. The Balaban J connectivity index is 1.89. The molecule has 0 saturated carbocycles. The first-order valence-electron chi connectivity index (χ1n) is 9.69.